The number of aromatic nitrogens is 2. The zero-order chi connectivity index (χ0) is 23.5. The zero-order valence-electron chi connectivity index (χ0n) is 17.3. The second-order valence-corrected chi connectivity index (χ2v) is 7.19. The number of benzene rings is 2. The number of aromatic amines is 1. The van der Waals surface area contributed by atoms with E-state index in [9.17, 15) is 23.9 Å². The topological polar surface area (TPSA) is 137 Å². The summed E-state index contributed by atoms with van der Waals surface area (Å²) in [6, 6.07) is 6.12. The highest BCUT2D eigenvalue weighted by atomic mass is 19.1. The molecule has 1 aromatic heterocycles. The van der Waals surface area contributed by atoms with Crippen LogP contribution in [0.15, 0.2) is 30.3 Å². The van der Waals surface area contributed by atoms with Gasteiger partial charge in [-0.25, -0.2) is 9.18 Å². The summed E-state index contributed by atoms with van der Waals surface area (Å²) in [7, 11) is 1.50. The van der Waals surface area contributed by atoms with Crippen LogP contribution in [-0.4, -0.2) is 58.2 Å². The quantitative estimate of drug-likeness (QED) is 0.340. The number of halogens is 1. The number of carbonyl (C=O) groups excluding carboxylic acids is 3. The van der Waals surface area contributed by atoms with Gasteiger partial charge in [0.2, 0.25) is 12.3 Å². The molecule has 33 heavy (non-hydrogen) atoms. The Bertz CT molecular complexity index is 1330. The molecule has 0 spiro atoms. The van der Waals surface area contributed by atoms with Gasteiger partial charge in [0, 0.05) is 17.7 Å². The van der Waals surface area contributed by atoms with Crippen LogP contribution in [0.3, 0.4) is 0 Å². The number of amides is 4. The molecule has 3 aromatic rings. The predicted molar refractivity (Wildman–Crippen MR) is 114 cm³/mol. The van der Waals surface area contributed by atoms with Gasteiger partial charge in [0.1, 0.15) is 17.6 Å². The smallest absolute Gasteiger partial charge is 0.322 e. The van der Waals surface area contributed by atoms with Crippen molar-refractivity contribution in [3.8, 4) is 23.5 Å². The highest BCUT2D eigenvalue weighted by Crippen LogP contribution is 2.27. The molecule has 11 heteroatoms. The molecule has 0 unspecified atom stereocenters. The van der Waals surface area contributed by atoms with E-state index < -0.39 is 23.8 Å². The molecular weight excluding hydrogens is 433 g/mol. The van der Waals surface area contributed by atoms with Crippen molar-refractivity contribution in [2.75, 3.05) is 13.7 Å². The van der Waals surface area contributed by atoms with Gasteiger partial charge in [0.25, 0.3) is 5.91 Å². The van der Waals surface area contributed by atoms with E-state index in [1.165, 1.54) is 18.1 Å². The number of carbonyl (C=O) groups is 3. The molecule has 2 aromatic carbocycles. The van der Waals surface area contributed by atoms with Crippen molar-refractivity contribution in [1.29, 1.82) is 0 Å². The van der Waals surface area contributed by atoms with Crippen molar-refractivity contribution in [2.24, 2.45) is 0 Å². The van der Waals surface area contributed by atoms with Crippen LogP contribution in [-0.2, 0) is 11.3 Å². The Morgan fingerprint density at radius 1 is 1.42 bits per heavy atom. The Morgan fingerprint density at radius 2 is 2.24 bits per heavy atom. The number of nitrogens with zero attached hydrogens (tertiary/aromatic N) is 2. The van der Waals surface area contributed by atoms with Crippen molar-refractivity contribution < 1.29 is 28.6 Å². The first-order valence-electron chi connectivity index (χ1n) is 9.74. The summed E-state index contributed by atoms with van der Waals surface area (Å²) in [4.78, 5) is 36.8. The number of H-pyrrole nitrogens is 1. The summed E-state index contributed by atoms with van der Waals surface area (Å²) in [5, 5.41) is 20.1. The van der Waals surface area contributed by atoms with Crippen molar-refractivity contribution in [3.63, 3.8) is 0 Å². The normalized spacial score (nSPS) is 13.2. The highest BCUT2D eigenvalue weighted by molar-refractivity contribution is 5.98. The predicted octanol–water partition coefficient (Wildman–Crippen LogP) is 1.25. The number of hydrogen-bond donors (Lipinski definition) is 4. The summed E-state index contributed by atoms with van der Waals surface area (Å²) in [5.74, 6) is 4.67. The third-order valence-electron chi connectivity index (χ3n) is 5.08. The van der Waals surface area contributed by atoms with Gasteiger partial charge < -0.3 is 20.1 Å². The lowest BCUT2D eigenvalue weighted by Crippen LogP contribution is -2.46. The fraction of sp³-hybridized carbons (Fsp3) is 0.182. The van der Waals surface area contributed by atoms with Gasteiger partial charge >= 0.3 is 6.03 Å². The number of hydrogen-bond acceptors (Lipinski definition) is 6. The molecule has 0 saturated carbocycles. The summed E-state index contributed by atoms with van der Waals surface area (Å²) < 4.78 is 19.5. The molecule has 10 nitrogen and oxygen atoms in total. The molecule has 1 atom stereocenters. The fourth-order valence-corrected chi connectivity index (χ4v) is 3.55. The number of ether oxygens (including phenoxy) is 1. The second-order valence-electron chi connectivity index (χ2n) is 7.19. The van der Waals surface area contributed by atoms with E-state index in [1.807, 2.05) is 5.32 Å². The zero-order valence-corrected chi connectivity index (χ0v) is 17.3. The Morgan fingerprint density at radius 3 is 3.00 bits per heavy atom. The maximum Gasteiger partial charge on any atom is 0.322 e. The third kappa shape index (κ3) is 4.40. The van der Waals surface area contributed by atoms with E-state index in [4.69, 9.17) is 4.74 Å². The number of aromatic hydroxyl groups is 1. The molecule has 2 heterocycles. The van der Waals surface area contributed by atoms with Crippen LogP contribution in [0.25, 0.3) is 10.9 Å². The molecule has 168 valence electrons. The van der Waals surface area contributed by atoms with E-state index in [1.54, 1.807) is 18.2 Å². The molecule has 1 aliphatic rings. The lowest BCUT2D eigenvalue weighted by atomic mass is 10.1. The minimum Gasteiger partial charge on any atom is -0.497 e. The Hall–Kier alpha value is -4.59. The average Bonchev–Trinajstić information content (AvgIpc) is 3.32. The van der Waals surface area contributed by atoms with Crippen molar-refractivity contribution in [3.05, 3.63) is 52.8 Å². The van der Waals surface area contributed by atoms with Crippen molar-refractivity contribution >= 4 is 29.3 Å². The van der Waals surface area contributed by atoms with Crippen LogP contribution >= 0.6 is 0 Å². The van der Waals surface area contributed by atoms with Crippen LogP contribution in [0.4, 0.5) is 9.18 Å². The summed E-state index contributed by atoms with van der Waals surface area (Å²) in [6.45, 7) is 0.325. The number of nitrogens with one attached hydrogen (secondary N) is 3. The van der Waals surface area contributed by atoms with Gasteiger partial charge in [0.15, 0.2) is 0 Å². The van der Waals surface area contributed by atoms with Crippen LogP contribution < -0.4 is 15.4 Å². The largest absolute Gasteiger partial charge is 0.497 e. The number of urea groups is 1. The Kier molecular flexibility index (Phi) is 5.82. The molecule has 0 radical (unpaired) electrons. The number of imide groups is 1. The molecule has 4 N–H and O–H groups in total. The Balaban J connectivity index is 1.58. The van der Waals surface area contributed by atoms with Crippen molar-refractivity contribution in [1.82, 2.24) is 25.7 Å². The SMILES string of the molecule is COc1ccc2c(c1)C(=O)N(C[C@@H](C#Cc1cc(F)c3c(O)n[nH]c3c1)NC(=O)NC=O)C2. The molecule has 1 aliphatic heterocycles. The third-order valence-corrected chi connectivity index (χ3v) is 5.08. The molecule has 4 amide bonds. The van der Waals surface area contributed by atoms with E-state index >= 15 is 0 Å². The minimum atomic E-state index is -0.876. The first-order chi connectivity index (χ1) is 15.9. The van der Waals surface area contributed by atoms with Gasteiger partial charge in [-0.1, -0.05) is 17.9 Å². The van der Waals surface area contributed by atoms with E-state index in [0.717, 1.165) is 11.6 Å². The first kappa shape index (κ1) is 21.6. The van der Waals surface area contributed by atoms with Gasteiger partial charge in [0.05, 0.1) is 24.6 Å². The lowest BCUT2D eigenvalue weighted by Gasteiger charge is -2.21. The van der Waals surface area contributed by atoms with Gasteiger partial charge in [-0.3, -0.25) is 20.0 Å². The lowest BCUT2D eigenvalue weighted by molar-refractivity contribution is -0.108. The number of rotatable bonds is 5. The van der Waals surface area contributed by atoms with Gasteiger partial charge in [-0.05, 0) is 29.8 Å². The van der Waals surface area contributed by atoms with Crippen LogP contribution in [0.1, 0.15) is 21.5 Å². The van der Waals surface area contributed by atoms with E-state index in [0.29, 0.717) is 17.9 Å². The molecule has 0 saturated heterocycles. The molecule has 0 bridgehead atoms. The second kappa shape index (κ2) is 8.88. The summed E-state index contributed by atoms with van der Waals surface area (Å²) in [5.41, 5.74) is 1.80. The van der Waals surface area contributed by atoms with Crippen LogP contribution in [0, 0.1) is 17.7 Å². The molecule has 4 rings (SSSR count). The van der Waals surface area contributed by atoms with Crippen molar-refractivity contribution in [2.45, 2.75) is 12.6 Å². The fourth-order valence-electron chi connectivity index (χ4n) is 3.55. The molecule has 0 aliphatic carbocycles. The van der Waals surface area contributed by atoms with Crippen LogP contribution in [0.2, 0.25) is 0 Å². The Labute approximate surface area is 186 Å². The van der Waals surface area contributed by atoms with Gasteiger partial charge in [-0.15, -0.1) is 5.10 Å². The van der Waals surface area contributed by atoms with E-state index in [-0.39, 0.29) is 35.3 Å². The minimum absolute atomic E-state index is 0.0185. The van der Waals surface area contributed by atoms with E-state index in [2.05, 4.69) is 27.4 Å². The van der Waals surface area contributed by atoms with Crippen LogP contribution in [0.5, 0.6) is 11.6 Å². The molecule has 0 fully saturated rings. The number of fused-ring (bicyclic) bond motifs is 2. The summed E-state index contributed by atoms with van der Waals surface area (Å²) >= 11 is 0. The maximum atomic E-state index is 14.3. The first-order valence-corrected chi connectivity index (χ1v) is 9.74. The maximum absolute atomic E-state index is 14.3. The monoisotopic (exact) mass is 451 g/mol. The highest BCUT2D eigenvalue weighted by Gasteiger charge is 2.29. The number of methoxy groups -OCH3 is 1. The standard InChI is InChI=1S/C22H18FN5O5/c1-33-15-5-3-13-9-28(21(31)16(13)8-15)10-14(25-22(32)24-11-29)4-2-12-6-17(23)19-18(7-12)26-27-20(19)30/h3,5-8,11,14H,9-10H2,1H3,(H2,26,27,30)(H2,24,25,29,32)/t14-/m1/s1. The molecular formula is C22H18FN5O5. The summed E-state index contributed by atoms with van der Waals surface area (Å²) in [6.07, 6.45) is 0.219. The van der Waals surface area contributed by atoms with Gasteiger partial charge in [-0.2, -0.15) is 0 Å². The average molecular weight is 451 g/mol.